The summed E-state index contributed by atoms with van der Waals surface area (Å²) in [7, 11) is 0. The van der Waals surface area contributed by atoms with E-state index >= 15 is 0 Å². The summed E-state index contributed by atoms with van der Waals surface area (Å²) in [6.45, 7) is 7.80. The largest absolute Gasteiger partial charge is 1.00 e. The molecule has 22 heteroatoms. The third kappa shape index (κ3) is 58.1. The fourth-order valence-electron chi connectivity index (χ4n) is 1.16. The number of azide groups is 1. The quantitative estimate of drug-likeness (QED) is 0.0420. The Morgan fingerprint density at radius 2 is 1.20 bits per heavy atom. The van der Waals surface area contributed by atoms with Gasteiger partial charge in [0, 0.05) is 24.5 Å². The molecule has 40 heavy (non-hydrogen) atoms. The number of nitrogens with two attached hydrogens (primary N) is 1. The number of hydrogen-bond acceptors (Lipinski definition) is 8. The minimum Gasteiger partial charge on any atom is -0.373 e. The maximum atomic E-state index is 11.0. The molecule has 0 aliphatic heterocycles. The van der Waals surface area contributed by atoms with Crippen molar-refractivity contribution in [3.63, 3.8) is 0 Å². The summed E-state index contributed by atoms with van der Waals surface area (Å²) in [6, 6.07) is -0.181. The van der Waals surface area contributed by atoms with Gasteiger partial charge in [0.1, 0.15) is 24.2 Å². The van der Waals surface area contributed by atoms with Crippen LogP contribution in [-0.4, -0.2) is 89.9 Å². The molecule has 0 heterocycles. The molecule has 0 saturated carbocycles. The number of nitrogens with one attached hydrogen (secondary N) is 2. The Kier molecular flexibility index (Phi) is 61.4. The van der Waals surface area contributed by atoms with E-state index in [1.54, 1.807) is 13.8 Å². The van der Waals surface area contributed by atoms with Gasteiger partial charge < -0.3 is 41.6 Å². The molecule has 0 bridgehead atoms. The second kappa shape index (κ2) is 46.3. The van der Waals surface area contributed by atoms with E-state index in [1.807, 2.05) is 0 Å². The number of carbonyl (C=O) groups is 3. The SMILES string of the molecule is CC(Br)C(=O)Br.CC(Br)C(=O)NCCOCCl.CC(N=[N+]=[N-])C(=O)NCCOCCl.NCCOCCl.[N-]=[N+]=[N-].[Na+]. The minimum absolute atomic E-state index is 0. The van der Waals surface area contributed by atoms with Crippen LogP contribution in [0.25, 0.3) is 26.4 Å². The number of halogens is 6. The molecule has 2 amide bonds. The number of hydrogen-bond donors (Lipinski definition) is 3. The molecule has 0 aliphatic carbocycles. The monoisotopic (exact) mass is 837 g/mol. The first kappa shape index (κ1) is 53.0. The van der Waals surface area contributed by atoms with E-state index in [4.69, 9.17) is 66.6 Å². The number of nitrogens with zero attached hydrogens (tertiary/aromatic N) is 6. The summed E-state index contributed by atoms with van der Waals surface area (Å²) < 4.78 is 14.2. The van der Waals surface area contributed by atoms with Crippen molar-refractivity contribution in [1.29, 1.82) is 0 Å². The summed E-state index contributed by atoms with van der Waals surface area (Å²) in [6.07, 6.45) is 0. The van der Waals surface area contributed by atoms with Crippen LogP contribution in [0.5, 0.6) is 0 Å². The predicted octanol–water partition coefficient (Wildman–Crippen LogP) is 1.83. The van der Waals surface area contributed by atoms with E-state index in [2.05, 4.69) is 73.2 Å². The summed E-state index contributed by atoms with van der Waals surface area (Å²) in [5.74, 6) is -0.362. The number of alkyl halides is 5. The second-order valence-corrected chi connectivity index (χ2v) is 10.1. The van der Waals surface area contributed by atoms with Crippen molar-refractivity contribution in [1.82, 2.24) is 10.6 Å². The first-order valence-electron chi connectivity index (χ1n) is 10.5. The van der Waals surface area contributed by atoms with Crippen LogP contribution in [0.4, 0.5) is 0 Å². The van der Waals surface area contributed by atoms with Gasteiger partial charge in [-0.1, -0.05) is 71.8 Å². The molecule has 0 radical (unpaired) electrons. The molecular weight excluding hydrogens is 807 g/mol. The molecule has 3 unspecified atom stereocenters. The van der Waals surface area contributed by atoms with Gasteiger partial charge in [-0.15, -0.1) is 0 Å². The van der Waals surface area contributed by atoms with E-state index in [9.17, 15) is 14.4 Å². The summed E-state index contributed by atoms with van der Waals surface area (Å²) in [5.41, 5.74) is 26.6. The zero-order valence-electron chi connectivity index (χ0n) is 22.6. The number of carbonyl (C=O) groups excluding carboxylic acids is 3. The van der Waals surface area contributed by atoms with Crippen LogP contribution in [0.3, 0.4) is 0 Å². The fourth-order valence-corrected chi connectivity index (χ4v) is 1.65. The van der Waals surface area contributed by atoms with Crippen molar-refractivity contribution in [3.05, 3.63) is 26.4 Å². The Morgan fingerprint density at radius 1 is 0.850 bits per heavy atom. The van der Waals surface area contributed by atoms with Crippen LogP contribution in [-0.2, 0) is 28.6 Å². The third-order valence-electron chi connectivity index (χ3n) is 2.86. The molecule has 0 aliphatic rings. The van der Waals surface area contributed by atoms with Gasteiger partial charge in [-0.25, -0.2) is 0 Å². The van der Waals surface area contributed by atoms with Crippen molar-refractivity contribution in [3.8, 4) is 0 Å². The van der Waals surface area contributed by atoms with E-state index in [0.29, 0.717) is 39.5 Å². The average Bonchev–Trinajstić information content (AvgIpc) is 2.89. The predicted molar refractivity (Wildman–Crippen MR) is 164 cm³/mol. The maximum absolute atomic E-state index is 11.0. The van der Waals surface area contributed by atoms with Crippen LogP contribution >= 0.6 is 82.6 Å². The van der Waals surface area contributed by atoms with Gasteiger partial charge in [0.2, 0.25) is 16.5 Å². The molecule has 0 fully saturated rings. The zero-order chi connectivity index (χ0) is 31.5. The molecule has 4 N–H and O–H groups in total. The molecule has 0 spiro atoms. The van der Waals surface area contributed by atoms with Crippen LogP contribution in [0.1, 0.15) is 20.8 Å². The van der Waals surface area contributed by atoms with E-state index in [1.165, 1.54) is 11.8 Å². The normalized spacial score (nSPS) is 10.8. The Morgan fingerprint density at radius 3 is 1.45 bits per heavy atom. The molecular formula is C18H34Br3Cl3N9NaO6. The molecule has 0 rings (SSSR count). The average molecular weight is 842 g/mol. The molecule has 0 aromatic carbocycles. The van der Waals surface area contributed by atoms with Gasteiger partial charge in [-0.05, 0) is 42.2 Å². The van der Waals surface area contributed by atoms with E-state index < -0.39 is 6.04 Å². The van der Waals surface area contributed by atoms with Gasteiger partial charge in [0.05, 0.1) is 29.5 Å². The molecule has 3 atom stereocenters. The van der Waals surface area contributed by atoms with Gasteiger partial charge >= 0.3 is 29.6 Å². The van der Waals surface area contributed by atoms with Crippen molar-refractivity contribution >= 4 is 99.1 Å². The maximum Gasteiger partial charge on any atom is 1.00 e. The summed E-state index contributed by atoms with van der Waals surface area (Å²) in [5, 5.41) is 8.39. The first-order chi connectivity index (χ1) is 18.4. The van der Waals surface area contributed by atoms with Crippen LogP contribution in [0.15, 0.2) is 5.11 Å². The van der Waals surface area contributed by atoms with Crippen LogP contribution < -0.4 is 45.9 Å². The topological polar surface area (TPSA) is 236 Å². The van der Waals surface area contributed by atoms with Gasteiger partial charge in [-0.3, -0.25) is 19.3 Å². The van der Waals surface area contributed by atoms with Crippen molar-refractivity contribution < 1.29 is 58.2 Å². The smallest absolute Gasteiger partial charge is 0.373 e. The van der Waals surface area contributed by atoms with Gasteiger partial charge in [-0.2, -0.15) is 0 Å². The number of amides is 2. The Balaban J connectivity index is -0.0000000967. The van der Waals surface area contributed by atoms with Gasteiger partial charge in [0.15, 0.2) is 0 Å². The first-order valence-corrected chi connectivity index (χ1v) is 14.8. The van der Waals surface area contributed by atoms with E-state index in [0.717, 1.165) is 0 Å². The fraction of sp³-hybridized carbons (Fsp3) is 0.833. The van der Waals surface area contributed by atoms with Crippen molar-refractivity contribution in [2.24, 2.45) is 10.8 Å². The third-order valence-corrected chi connectivity index (χ3v) is 5.46. The number of rotatable bonds is 15. The molecule has 0 aromatic heterocycles. The molecule has 230 valence electrons. The Labute approximate surface area is 296 Å². The van der Waals surface area contributed by atoms with Crippen molar-refractivity contribution in [2.45, 2.75) is 36.5 Å². The van der Waals surface area contributed by atoms with E-state index in [-0.39, 0.29) is 73.9 Å². The second-order valence-electron chi connectivity index (χ2n) is 5.93. The molecule has 0 aromatic rings. The Hall–Kier alpha value is 0.380. The van der Waals surface area contributed by atoms with Crippen LogP contribution in [0, 0.1) is 0 Å². The number of ether oxygens (including phenoxy) is 3. The van der Waals surface area contributed by atoms with Gasteiger partial charge in [0.25, 0.3) is 0 Å². The summed E-state index contributed by atoms with van der Waals surface area (Å²) >= 11 is 24.5. The minimum atomic E-state index is -0.694. The molecule has 0 saturated heterocycles. The summed E-state index contributed by atoms with van der Waals surface area (Å²) in [4.78, 5) is 35.7. The van der Waals surface area contributed by atoms with Crippen LogP contribution in [0.2, 0.25) is 0 Å². The Bertz CT molecular complexity index is 680. The molecule has 15 nitrogen and oxygen atoms in total. The van der Waals surface area contributed by atoms with Crippen molar-refractivity contribution in [2.75, 3.05) is 57.7 Å². The standard InChI is InChI=1S/C6H11BrClNO2.C6H11ClN4O2.C3H4Br2O.C3H8ClNO.N3.Na/c1-5(7)6(10)9-2-3-11-4-8;1-5(10-11-8)6(12)9-2-3-13-4-7;1-2(4)3(5)6;4-3-6-2-1-5;1-3-2;/h5H,2-4H2,1H3,(H,9,10);5H,2-4H2,1H3,(H,9,12);2H,1H3;1-3,5H2;;/q;;;;-1;+1. The zero-order valence-corrected chi connectivity index (χ0v) is 31.6.